The molecule has 0 saturated heterocycles. The van der Waals surface area contributed by atoms with E-state index in [0.717, 1.165) is 16.7 Å². The number of nitrogens with zero attached hydrogens (tertiary/aromatic N) is 1. The number of carbonyl (C=O) groups excluding carboxylic acids is 1. The summed E-state index contributed by atoms with van der Waals surface area (Å²) in [7, 11) is 0. The third kappa shape index (κ3) is 3.86. The smallest absolute Gasteiger partial charge is 0.263 e. The van der Waals surface area contributed by atoms with Crippen molar-refractivity contribution in [3.63, 3.8) is 0 Å². The van der Waals surface area contributed by atoms with E-state index in [1.54, 1.807) is 29.0 Å². The Morgan fingerprint density at radius 2 is 1.81 bits per heavy atom. The number of anilines is 1. The molecule has 3 aromatic rings. The van der Waals surface area contributed by atoms with Crippen molar-refractivity contribution in [3.8, 4) is 0 Å². The first-order chi connectivity index (χ1) is 12.5. The third-order valence-corrected chi connectivity index (χ3v) is 4.70. The van der Waals surface area contributed by atoms with Crippen LogP contribution in [0.3, 0.4) is 0 Å². The molecule has 1 heterocycles. The van der Waals surface area contributed by atoms with Crippen LogP contribution in [0, 0.1) is 13.8 Å². The molecule has 0 atom stereocenters. The quantitative estimate of drug-likeness (QED) is 0.743. The molecule has 2 aromatic carbocycles. The van der Waals surface area contributed by atoms with Crippen LogP contribution in [-0.4, -0.2) is 10.5 Å². The summed E-state index contributed by atoms with van der Waals surface area (Å²) in [6, 6.07) is 16.3. The van der Waals surface area contributed by atoms with Crippen molar-refractivity contribution in [3.05, 3.63) is 98.4 Å². The first-order valence-electron chi connectivity index (χ1n) is 8.27. The van der Waals surface area contributed by atoms with Crippen molar-refractivity contribution >= 4 is 23.2 Å². The summed E-state index contributed by atoms with van der Waals surface area (Å²) >= 11 is 6.09. The number of halogens is 1. The minimum absolute atomic E-state index is 0.0952. The van der Waals surface area contributed by atoms with Gasteiger partial charge in [0.05, 0.1) is 6.54 Å². The van der Waals surface area contributed by atoms with E-state index in [-0.39, 0.29) is 11.1 Å². The van der Waals surface area contributed by atoms with E-state index in [1.807, 2.05) is 44.2 Å². The van der Waals surface area contributed by atoms with E-state index in [9.17, 15) is 9.59 Å². The molecule has 1 amide bonds. The standard InChI is InChI=1S/C21H19ClN2O2/c1-14-6-3-4-7-16(14)13-24-11-5-8-18(21(24)26)20(25)23-17-10-9-15(2)19(22)12-17/h3-12H,13H2,1-2H3,(H,23,25). The van der Waals surface area contributed by atoms with Gasteiger partial charge in [-0.05, 0) is 54.8 Å². The van der Waals surface area contributed by atoms with E-state index in [4.69, 9.17) is 11.6 Å². The zero-order chi connectivity index (χ0) is 18.7. The van der Waals surface area contributed by atoms with Gasteiger partial charge in [0, 0.05) is 16.9 Å². The van der Waals surface area contributed by atoms with Gasteiger partial charge in [-0.3, -0.25) is 9.59 Å². The van der Waals surface area contributed by atoms with Gasteiger partial charge in [-0.2, -0.15) is 0 Å². The lowest BCUT2D eigenvalue weighted by atomic mass is 10.1. The summed E-state index contributed by atoms with van der Waals surface area (Å²) < 4.78 is 1.54. The Hall–Kier alpha value is -2.85. The number of aromatic nitrogens is 1. The van der Waals surface area contributed by atoms with Crippen LogP contribution >= 0.6 is 11.6 Å². The molecular weight excluding hydrogens is 348 g/mol. The minimum Gasteiger partial charge on any atom is -0.322 e. The highest BCUT2D eigenvalue weighted by Crippen LogP contribution is 2.20. The molecule has 1 aromatic heterocycles. The van der Waals surface area contributed by atoms with Crippen molar-refractivity contribution in [2.75, 3.05) is 5.32 Å². The molecule has 0 bridgehead atoms. The molecule has 0 aliphatic carbocycles. The molecule has 0 unspecified atom stereocenters. The first kappa shape index (κ1) is 18.0. The predicted octanol–water partition coefficient (Wildman–Crippen LogP) is 4.42. The molecule has 26 heavy (non-hydrogen) atoms. The van der Waals surface area contributed by atoms with Crippen molar-refractivity contribution in [2.24, 2.45) is 0 Å². The third-order valence-electron chi connectivity index (χ3n) is 4.30. The molecule has 4 nitrogen and oxygen atoms in total. The number of benzene rings is 2. The van der Waals surface area contributed by atoms with Gasteiger partial charge < -0.3 is 9.88 Å². The van der Waals surface area contributed by atoms with Crippen molar-refractivity contribution < 1.29 is 4.79 Å². The monoisotopic (exact) mass is 366 g/mol. The zero-order valence-corrected chi connectivity index (χ0v) is 15.4. The summed E-state index contributed by atoms with van der Waals surface area (Å²) in [5, 5.41) is 3.30. The van der Waals surface area contributed by atoms with Gasteiger partial charge in [-0.1, -0.05) is 41.9 Å². The van der Waals surface area contributed by atoms with Gasteiger partial charge in [0.2, 0.25) is 0 Å². The lowest BCUT2D eigenvalue weighted by Gasteiger charge is -2.11. The highest BCUT2D eigenvalue weighted by atomic mass is 35.5. The Morgan fingerprint density at radius 3 is 2.54 bits per heavy atom. The summed E-state index contributed by atoms with van der Waals surface area (Å²) in [5.74, 6) is -0.450. The van der Waals surface area contributed by atoms with Crippen LogP contribution < -0.4 is 10.9 Å². The zero-order valence-electron chi connectivity index (χ0n) is 14.6. The number of nitrogens with one attached hydrogen (secondary N) is 1. The van der Waals surface area contributed by atoms with Gasteiger partial charge in [-0.25, -0.2) is 0 Å². The van der Waals surface area contributed by atoms with Gasteiger partial charge in [0.25, 0.3) is 11.5 Å². The molecule has 1 N–H and O–H groups in total. The maximum absolute atomic E-state index is 12.7. The first-order valence-corrected chi connectivity index (χ1v) is 8.65. The van der Waals surface area contributed by atoms with Crippen LogP contribution in [0.1, 0.15) is 27.0 Å². The van der Waals surface area contributed by atoms with Crippen molar-refractivity contribution in [1.29, 1.82) is 0 Å². The van der Waals surface area contributed by atoms with Crippen LogP contribution in [0.15, 0.2) is 65.6 Å². The van der Waals surface area contributed by atoms with E-state index < -0.39 is 5.91 Å². The van der Waals surface area contributed by atoms with E-state index in [2.05, 4.69) is 5.32 Å². The van der Waals surface area contributed by atoms with Gasteiger partial charge in [0.15, 0.2) is 0 Å². The van der Waals surface area contributed by atoms with Gasteiger partial charge in [0.1, 0.15) is 5.56 Å². The summed E-state index contributed by atoms with van der Waals surface area (Å²) in [4.78, 5) is 25.2. The molecule has 0 saturated carbocycles. The fourth-order valence-corrected chi connectivity index (χ4v) is 2.85. The number of aryl methyl sites for hydroxylation is 2. The average molecular weight is 367 g/mol. The van der Waals surface area contributed by atoms with Gasteiger partial charge >= 0.3 is 0 Å². The number of pyridine rings is 1. The minimum atomic E-state index is -0.450. The molecule has 0 aliphatic rings. The second kappa shape index (κ2) is 7.58. The number of rotatable bonds is 4. The molecule has 0 aliphatic heterocycles. The summed E-state index contributed by atoms with van der Waals surface area (Å²) in [6.45, 7) is 4.30. The predicted molar refractivity (Wildman–Crippen MR) is 105 cm³/mol. The average Bonchev–Trinajstić information content (AvgIpc) is 2.61. The highest BCUT2D eigenvalue weighted by Gasteiger charge is 2.13. The van der Waals surface area contributed by atoms with Crippen LogP contribution in [-0.2, 0) is 6.54 Å². The van der Waals surface area contributed by atoms with Crippen LogP contribution in [0.4, 0.5) is 5.69 Å². The second-order valence-electron chi connectivity index (χ2n) is 6.20. The fourth-order valence-electron chi connectivity index (χ4n) is 2.67. The molecule has 0 fully saturated rings. The number of amides is 1. The Morgan fingerprint density at radius 1 is 1.04 bits per heavy atom. The Labute approximate surface area is 157 Å². The molecule has 132 valence electrons. The van der Waals surface area contributed by atoms with Crippen molar-refractivity contribution in [2.45, 2.75) is 20.4 Å². The molecule has 0 spiro atoms. The Bertz CT molecular complexity index is 1020. The van der Waals surface area contributed by atoms with Gasteiger partial charge in [-0.15, -0.1) is 0 Å². The SMILES string of the molecule is Cc1ccc(NC(=O)c2cccn(Cc3ccccc3C)c2=O)cc1Cl. The topological polar surface area (TPSA) is 51.1 Å². The maximum Gasteiger partial charge on any atom is 0.263 e. The highest BCUT2D eigenvalue weighted by molar-refractivity contribution is 6.31. The van der Waals surface area contributed by atoms with Crippen LogP contribution in [0.25, 0.3) is 0 Å². The summed E-state index contributed by atoms with van der Waals surface area (Å²) in [5.41, 5.74) is 3.38. The van der Waals surface area contributed by atoms with E-state index in [1.165, 1.54) is 6.07 Å². The molecule has 5 heteroatoms. The summed E-state index contributed by atoms with van der Waals surface area (Å²) in [6.07, 6.45) is 1.69. The molecule has 0 radical (unpaired) electrons. The lowest BCUT2D eigenvalue weighted by Crippen LogP contribution is -2.29. The maximum atomic E-state index is 12.7. The molecule has 3 rings (SSSR count). The van der Waals surface area contributed by atoms with E-state index >= 15 is 0 Å². The van der Waals surface area contributed by atoms with Crippen LogP contribution in [0.5, 0.6) is 0 Å². The molecular formula is C21H19ClN2O2. The number of hydrogen-bond donors (Lipinski definition) is 1. The normalized spacial score (nSPS) is 10.6. The van der Waals surface area contributed by atoms with Crippen LogP contribution in [0.2, 0.25) is 5.02 Å². The number of carbonyl (C=O) groups is 1. The largest absolute Gasteiger partial charge is 0.322 e. The Kier molecular flexibility index (Phi) is 5.24. The Balaban J connectivity index is 1.86. The van der Waals surface area contributed by atoms with E-state index in [0.29, 0.717) is 17.3 Å². The lowest BCUT2D eigenvalue weighted by molar-refractivity contribution is 0.102. The van der Waals surface area contributed by atoms with Crippen molar-refractivity contribution in [1.82, 2.24) is 4.57 Å². The second-order valence-corrected chi connectivity index (χ2v) is 6.61. The fraction of sp³-hybridized carbons (Fsp3) is 0.143. The number of hydrogen-bond acceptors (Lipinski definition) is 2.